The van der Waals surface area contributed by atoms with Crippen molar-refractivity contribution in [1.29, 1.82) is 0 Å². The molecule has 0 aromatic heterocycles. The van der Waals surface area contributed by atoms with Gasteiger partial charge in [-0.25, -0.2) is 4.79 Å². The van der Waals surface area contributed by atoms with Gasteiger partial charge in [0.25, 0.3) is 0 Å². The molecule has 3 rings (SSSR count). The first-order valence-electron chi connectivity index (χ1n) is 8.79. The highest BCUT2D eigenvalue weighted by atomic mass is 16.2. The van der Waals surface area contributed by atoms with Gasteiger partial charge in [-0.2, -0.15) is 0 Å². The molecule has 0 bridgehead atoms. The normalized spacial score (nSPS) is 24.6. The predicted octanol–water partition coefficient (Wildman–Crippen LogP) is 1.93. The van der Waals surface area contributed by atoms with Crippen molar-refractivity contribution in [1.82, 2.24) is 10.2 Å². The molecule has 1 aromatic carbocycles. The third-order valence-electron chi connectivity index (χ3n) is 5.00. The largest absolute Gasteiger partial charge is 0.353 e. The Morgan fingerprint density at radius 2 is 1.75 bits per heavy atom. The molecule has 2 unspecified atom stereocenters. The second-order valence-electron chi connectivity index (χ2n) is 6.84. The summed E-state index contributed by atoms with van der Waals surface area (Å²) in [5.41, 5.74) is 6.68. The highest BCUT2D eigenvalue weighted by Gasteiger charge is 2.30. The zero-order valence-electron chi connectivity index (χ0n) is 13.9. The molecule has 1 heterocycles. The van der Waals surface area contributed by atoms with Gasteiger partial charge in [-0.1, -0.05) is 18.2 Å². The van der Waals surface area contributed by atoms with Crippen molar-refractivity contribution >= 4 is 17.6 Å². The minimum Gasteiger partial charge on any atom is -0.353 e. The monoisotopic (exact) mass is 330 g/mol. The molecule has 2 fully saturated rings. The van der Waals surface area contributed by atoms with Gasteiger partial charge in [-0.3, -0.25) is 4.79 Å². The molecule has 1 aliphatic carbocycles. The van der Waals surface area contributed by atoms with Crippen molar-refractivity contribution < 1.29 is 9.59 Å². The van der Waals surface area contributed by atoms with E-state index in [2.05, 4.69) is 10.6 Å². The lowest BCUT2D eigenvalue weighted by atomic mass is 10.0. The summed E-state index contributed by atoms with van der Waals surface area (Å²) in [5, 5.41) is 6.04. The molecule has 0 radical (unpaired) electrons. The Hall–Kier alpha value is -2.08. The molecule has 6 heteroatoms. The van der Waals surface area contributed by atoms with Gasteiger partial charge in [-0.15, -0.1) is 0 Å². The van der Waals surface area contributed by atoms with Crippen molar-refractivity contribution in [2.45, 2.75) is 44.2 Å². The van der Waals surface area contributed by atoms with E-state index >= 15 is 0 Å². The minimum absolute atomic E-state index is 0.0689. The molecule has 0 spiro atoms. The maximum atomic E-state index is 12.3. The third kappa shape index (κ3) is 4.26. The Kier molecular flexibility index (Phi) is 5.35. The number of hydrogen-bond donors (Lipinski definition) is 3. The first kappa shape index (κ1) is 16.8. The summed E-state index contributed by atoms with van der Waals surface area (Å²) in [4.78, 5) is 26.3. The number of hydrogen-bond acceptors (Lipinski definition) is 3. The Bertz CT molecular complexity index is 570. The fraction of sp³-hybridized carbons (Fsp3) is 0.556. The van der Waals surface area contributed by atoms with E-state index < -0.39 is 0 Å². The zero-order valence-corrected chi connectivity index (χ0v) is 13.9. The Morgan fingerprint density at radius 1 is 1.04 bits per heavy atom. The Balaban J connectivity index is 1.42. The fourth-order valence-electron chi connectivity index (χ4n) is 3.52. The molecule has 1 aliphatic heterocycles. The van der Waals surface area contributed by atoms with Crippen LogP contribution in [0.2, 0.25) is 0 Å². The first-order valence-corrected chi connectivity index (χ1v) is 8.79. The third-order valence-corrected chi connectivity index (χ3v) is 5.00. The molecular weight excluding hydrogens is 304 g/mol. The van der Waals surface area contributed by atoms with Crippen LogP contribution >= 0.6 is 0 Å². The summed E-state index contributed by atoms with van der Waals surface area (Å²) < 4.78 is 0. The fourth-order valence-corrected chi connectivity index (χ4v) is 3.52. The van der Waals surface area contributed by atoms with Gasteiger partial charge in [0, 0.05) is 36.8 Å². The van der Waals surface area contributed by atoms with Gasteiger partial charge in [0.2, 0.25) is 5.91 Å². The van der Waals surface area contributed by atoms with Gasteiger partial charge < -0.3 is 21.3 Å². The minimum atomic E-state index is -0.0762. The highest BCUT2D eigenvalue weighted by Crippen LogP contribution is 2.24. The van der Waals surface area contributed by atoms with Gasteiger partial charge in [0.1, 0.15) is 0 Å². The number of carbonyl (C=O) groups is 2. The first-order chi connectivity index (χ1) is 11.6. The Morgan fingerprint density at radius 3 is 2.38 bits per heavy atom. The number of para-hydroxylation sites is 1. The summed E-state index contributed by atoms with van der Waals surface area (Å²) >= 11 is 0. The number of nitrogens with two attached hydrogens (primary N) is 1. The molecular formula is C18H26N4O2. The SMILES string of the molecule is NC1CCC(C(=O)NC2CCN(C(=O)Nc3ccccc3)CC2)C1. The van der Waals surface area contributed by atoms with Crippen LogP contribution < -0.4 is 16.4 Å². The van der Waals surface area contributed by atoms with Gasteiger partial charge in [0.15, 0.2) is 0 Å². The predicted molar refractivity (Wildman–Crippen MR) is 93.5 cm³/mol. The summed E-state index contributed by atoms with van der Waals surface area (Å²) in [6.45, 7) is 1.32. The average Bonchev–Trinajstić information content (AvgIpc) is 3.03. The van der Waals surface area contributed by atoms with Crippen molar-refractivity contribution in [3.63, 3.8) is 0 Å². The quantitative estimate of drug-likeness (QED) is 0.791. The van der Waals surface area contributed by atoms with Crippen LogP contribution in [0, 0.1) is 5.92 Å². The topological polar surface area (TPSA) is 87.5 Å². The number of piperidine rings is 1. The van der Waals surface area contributed by atoms with E-state index in [9.17, 15) is 9.59 Å². The van der Waals surface area contributed by atoms with Crippen LogP contribution in [0.15, 0.2) is 30.3 Å². The lowest BCUT2D eigenvalue weighted by Gasteiger charge is -2.33. The molecule has 24 heavy (non-hydrogen) atoms. The number of carbonyl (C=O) groups excluding carboxylic acids is 2. The van der Waals surface area contributed by atoms with E-state index in [-0.39, 0.29) is 29.9 Å². The summed E-state index contributed by atoms with van der Waals surface area (Å²) in [6, 6.07) is 9.71. The number of nitrogens with zero attached hydrogens (tertiary/aromatic N) is 1. The molecule has 3 amide bonds. The Labute approximate surface area is 142 Å². The van der Waals surface area contributed by atoms with Crippen LogP contribution in [0.4, 0.5) is 10.5 Å². The van der Waals surface area contributed by atoms with E-state index in [1.54, 1.807) is 4.90 Å². The van der Waals surface area contributed by atoms with E-state index in [1.807, 2.05) is 30.3 Å². The zero-order chi connectivity index (χ0) is 16.9. The maximum Gasteiger partial charge on any atom is 0.321 e. The average molecular weight is 330 g/mol. The molecule has 6 nitrogen and oxygen atoms in total. The van der Waals surface area contributed by atoms with Crippen LogP contribution in [-0.4, -0.2) is 42.0 Å². The van der Waals surface area contributed by atoms with Crippen LogP contribution in [-0.2, 0) is 4.79 Å². The molecule has 1 saturated heterocycles. The van der Waals surface area contributed by atoms with E-state index in [4.69, 9.17) is 5.73 Å². The second-order valence-corrected chi connectivity index (χ2v) is 6.84. The molecule has 2 atom stereocenters. The summed E-state index contributed by atoms with van der Waals surface area (Å²) in [7, 11) is 0. The number of amides is 3. The van der Waals surface area contributed by atoms with E-state index in [0.29, 0.717) is 13.1 Å². The lowest BCUT2D eigenvalue weighted by molar-refractivity contribution is -0.125. The maximum absolute atomic E-state index is 12.3. The van der Waals surface area contributed by atoms with Crippen molar-refractivity contribution in [2.24, 2.45) is 11.7 Å². The number of likely N-dealkylation sites (tertiary alicyclic amines) is 1. The van der Waals surface area contributed by atoms with Crippen LogP contribution in [0.3, 0.4) is 0 Å². The molecule has 1 aromatic rings. The number of benzene rings is 1. The van der Waals surface area contributed by atoms with Crippen LogP contribution in [0.25, 0.3) is 0 Å². The summed E-state index contributed by atoms with van der Waals surface area (Å²) in [6.07, 6.45) is 4.23. The van der Waals surface area contributed by atoms with Crippen molar-refractivity contribution in [3.05, 3.63) is 30.3 Å². The van der Waals surface area contributed by atoms with Crippen molar-refractivity contribution in [2.75, 3.05) is 18.4 Å². The molecule has 2 aliphatic rings. The van der Waals surface area contributed by atoms with Gasteiger partial charge in [-0.05, 0) is 44.2 Å². The van der Waals surface area contributed by atoms with Crippen LogP contribution in [0.5, 0.6) is 0 Å². The highest BCUT2D eigenvalue weighted by molar-refractivity contribution is 5.89. The number of nitrogens with one attached hydrogen (secondary N) is 2. The smallest absolute Gasteiger partial charge is 0.321 e. The molecule has 1 saturated carbocycles. The lowest BCUT2D eigenvalue weighted by Crippen LogP contribution is -2.48. The second kappa shape index (κ2) is 7.66. The summed E-state index contributed by atoms with van der Waals surface area (Å²) in [5.74, 6) is 0.203. The molecule has 4 N–H and O–H groups in total. The standard InChI is InChI=1S/C18H26N4O2/c19-14-7-6-13(12-14)17(23)20-16-8-10-22(11-9-16)18(24)21-15-4-2-1-3-5-15/h1-5,13-14,16H,6-12,19H2,(H,20,23)(H,21,24). The number of rotatable bonds is 3. The molecule has 130 valence electrons. The van der Waals surface area contributed by atoms with Crippen molar-refractivity contribution in [3.8, 4) is 0 Å². The van der Waals surface area contributed by atoms with Gasteiger partial charge >= 0.3 is 6.03 Å². The van der Waals surface area contributed by atoms with E-state index in [1.165, 1.54) is 0 Å². The van der Waals surface area contributed by atoms with Gasteiger partial charge in [0.05, 0.1) is 0 Å². The van der Waals surface area contributed by atoms with E-state index in [0.717, 1.165) is 37.8 Å². The number of urea groups is 1. The van der Waals surface area contributed by atoms with Crippen LogP contribution in [0.1, 0.15) is 32.1 Å². The number of anilines is 1.